The Morgan fingerprint density at radius 1 is 0.923 bits per heavy atom. The molecule has 3 N–H and O–H groups in total. The van der Waals surface area contributed by atoms with Crippen LogP contribution in [0.25, 0.3) is 0 Å². The predicted molar refractivity (Wildman–Crippen MR) is 108 cm³/mol. The monoisotopic (exact) mass is 360 g/mol. The number of piperazine rings is 1. The number of carbonyl (C=O) groups is 1. The molecule has 5 nitrogen and oxygen atoms in total. The number of amides is 1. The van der Waals surface area contributed by atoms with E-state index in [-0.39, 0.29) is 16.7 Å². The first kappa shape index (κ1) is 20.9. The topological polar surface area (TPSA) is 61.6 Å². The van der Waals surface area contributed by atoms with Crippen molar-refractivity contribution in [2.75, 3.05) is 32.7 Å². The molecule has 1 aromatic rings. The summed E-state index contributed by atoms with van der Waals surface area (Å²) in [4.78, 5) is 16.1. The van der Waals surface area contributed by atoms with Gasteiger partial charge in [0.05, 0.1) is 6.54 Å². The number of benzene rings is 1. The van der Waals surface area contributed by atoms with Crippen LogP contribution in [0.15, 0.2) is 18.2 Å². The zero-order valence-electron chi connectivity index (χ0n) is 17.4. The van der Waals surface area contributed by atoms with Gasteiger partial charge in [-0.05, 0) is 27.5 Å². The van der Waals surface area contributed by atoms with Gasteiger partial charge in [0.2, 0.25) is 5.91 Å². The SMILES string of the molecule is CC(C)(C)c1cc(CN2CCN(CC(=O)NN)CC2)cc(C(C)(C)C)c1. The fourth-order valence-corrected chi connectivity index (χ4v) is 3.26. The predicted octanol–water partition coefficient (Wildman–Crippen LogP) is 2.39. The van der Waals surface area contributed by atoms with Crippen molar-refractivity contribution in [1.82, 2.24) is 15.2 Å². The summed E-state index contributed by atoms with van der Waals surface area (Å²) in [7, 11) is 0. The van der Waals surface area contributed by atoms with E-state index in [0.717, 1.165) is 32.7 Å². The maximum absolute atomic E-state index is 11.4. The van der Waals surface area contributed by atoms with Crippen molar-refractivity contribution in [2.24, 2.45) is 5.84 Å². The Morgan fingerprint density at radius 2 is 1.38 bits per heavy atom. The number of nitrogens with zero attached hydrogens (tertiary/aromatic N) is 2. The highest BCUT2D eigenvalue weighted by Gasteiger charge is 2.23. The molecule has 1 aliphatic rings. The number of carbonyl (C=O) groups excluding carboxylic acids is 1. The molecule has 5 heteroatoms. The molecule has 146 valence electrons. The lowest BCUT2D eigenvalue weighted by atomic mass is 9.79. The van der Waals surface area contributed by atoms with Gasteiger partial charge >= 0.3 is 0 Å². The highest BCUT2D eigenvalue weighted by Crippen LogP contribution is 2.30. The van der Waals surface area contributed by atoms with Gasteiger partial charge in [-0.15, -0.1) is 0 Å². The third kappa shape index (κ3) is 5.79. The normalized spacial score (nSPS) is 17.3. The summed E-state index contributed by atoms with van der Waals surface area (Å²) in [5.74, 6) is 5.06. The van der Waals surface area contributed by atoms with Gasteiger partial charge in [0, 0.05) is 32.7 Å². The maximum atomic E-state index is 11.4. The molecule has 0 aromatic heterocycles. The van der Waals surface area contributed by atoms with Gasteiger partial charge in [-0.3, -0.25) is 20.0 Å². The Bertz CT molecular complexity index is 588. The van der Waals surface area contributed by atoms with Gasteiger partial charge in [0.25, 0.3) is 0 Å². The average molecular weight is 361 g/mol. The Balaban J connectivity index is 2.09. The molecule has 0 aliphatic carbocycles. The van der Waals surface area contributed by atoms with E-state index < -0.39 is 0 Å². The van der Waals surface area contributed by atoms with E-state index in [0.29, 0.717) is 6.54 Å². The molecule has 0 radical (unpaired) electrons. The molecule has 0 spiro atoms. The number of rotatable bonds is 4. The first-order valence-corrected chi connectivity index (χ1v) is 9.58. The summed E-state index contributed by atoms with van der Waals surface area (Å²) in [6.07, 6.45) is 0. The molecule has 1 amide bonds. The van der Waals surface area contributed by atoms with Gasteiger partial charge in [0.1, 0.15) is 0 Å². The van der Waals surface area contributed by atoms with Crippen LogP contribution in [0.4, 0.5) is 0 Å². The van der Waals surface area contributed by atoms with Crippen LogP contribution in [0.1, 0.15) is 58.2 Å². The van der Waals surface area contributed by atoms with Crippen LogP contribution in [-0.4, -0.2) is 48.4 Å². The zero-order valence-corrected chi connectivity index (χ0v) is 17.4. The van der Waals surface area contributed by atoms with Gasteiger partial charge in [0.15, 0.2) is 0 Å². The van der Waals surface area contributed by atoms with Gasteiger partial charge in [-0.1, -0.05) is 59.7 Å². The Morgan fingerprint density at radius 3 is 1.81 bits per heavy atom. The highest BCUT2D eigenvalue weighted by atomic mass is 16.2. The number of nitrogens with one attached hydrogen (secondary N) is 1. The standard InChI is InChI=1S/C21H36N4O/c1-20(2,3)17-11-16(12-18(13-17)21(4,5)6)14-24-7-9-25(10-8-24)15-19(26)23-22/h11-13H,7-10,14-15,22H2,1-6H3,(H,23,26). The van der Waals surface area contributed by atoms with Crippen molar-refractivity contribution in [3.05, 3.63) is 34.9 Å². The minimum Gasteiger partial charge on any atom is -0.297 e. The molecule has 1 aromatic carbocycles. The van der Waals surface area contributed by atoms with Gasteiger partial charge < -0.3 is 0 Å². The summed E-state index contributed by atoms with van der Waals surface area (Å²) in [6, 6.07) is 7.10. The summed E-state index contributed by atoms with van der Waals surface area (Å²) in [5.41, 5.74) is 6.68. The van der Waals surface area contributed by atoms with Gasteiger partial charge in [-0.2, -0.15) is 0 Å². The second kappa shape index (κ2) is 8.07. The fourth-order valence-electron chi connectivity index (χ4n) is 3.26. The third-order valence-corrected chi connectivity index (χ3v) is 5.12. The van der Waals surface area contributed by atoms with Crippen molar-refractivity contribution in [3.63, 3.8) is 0 Å². The van der Waals surface area contributed by atoms with Crippen molar-refractivity contribution >= 4 is 5.91 Å². The molecular formula is C21H36N4O. The van der Waals surface area contributed by atoms with E-state index >= 15 is 0 Å². The van der Waals surface area contributed by atoms with E-state index in [1.807, 2.05) is 0 Å². The van der Waals surface area contributed by atoms with Crippen molar-refractivity contribution < 1.29 is 4.79 Å². The minimum atomic E-state index is -0.119. The van der Waals surface area contributed by atoms with Crippen LogP contribution in [-0.2, 0) is 22.2 Å². The summed E-state index contributed by atoms with van der Waals surface area (Å²) in [6.45, 7) is 18.8. The number of nitrogens with two attached hydrogens (primary N) is 1. The smallest absolute Gasteiger partial charge is 0.248 e. The van der Waals surface area contributed by atoms with Crippen LogP contribution in [0.2, 0.25) is 0 Å². The Hall–Kier alpha value is -1.43. The van der Waals surface area contributed by atoms with Crippen molar-refractivity contribution in [3.8, 4) is 0 Å². The molecule has 0 saturated carbocycles. The lowest BCUT2D eigenvalue weighted by Crippen LogP contribution is -2.49. The van der Waals surface area contributed by atoms with Crippen LogP contribution in [0, 0.1) is 0 Å². The second-order valence-electron chi connectivity index (χ2n) is 9.54. The molecule has 0 atom stereocenters. The molecule has 2 rings (SSSR count). The van der Waals surface area contributed by atoms with E-state index in [9.17, 15) is 4.79 Å². The summed E-state index contributed by atoms with van der Waals surface area (Å²) < 4.78 is 0. The molecule has 1 saturated heterocycles. The molecule has 26 heavy (non-hydrogen) atoms. The minimum absolute atomic E-state index is 0.119. The van der Waals surface area contributed by atoms with Crippen LogP contribution in [0.5, 0.6) is 0 Å². The van der Waals surface area contributed by atoms with E-state index in [4.69, 9.17) is 5.84 Å². The number of hydrazine groups is 1. The lowest BCUT2D eigenvalue weighted by Gasteiger charge is -2.34. The highest BCUT2D eigenvalue weighted by molar-refractivity contribution is 5.77. The summed E-state index contributed by atoms with van der Waals surface area (Å²) >= 11 is 0. The van der Waals surface area contributed by atoms with Crippen molar-refractivity contribution in [2.45, 2.75) is 58.9 Å². The van der Waals surface area contributed by atoms with Crippen molar-refractivity contribution in [1.29, 1.82) is 0 Å². The molecule has 0 bridgehead atoms. The zero-order chi connectivity index (χ0) is 19.5. The molecular weight excluding hydrogens is 324 g/mol. The van der Waals surface area contributed by atoms with Crippen LogP contribution >= 0.6 is 0 Å². The molecule has 1 fully saturated rings. The summed E-state index contributed by atoms with van der Waals surface area (Å²) in [5, 5.41) is 0. The van der Waals surface area contributed by atoms with Crippen LogP contribution < -0.4 is 11.3 Å². The fraction of sp³-hybridized carbons (Fsp3) is 0.667. The van der Waals surface area contributed by atoms with Crippen LogP contribution in [0.3, 0.4) is 0 Å². The van der Waals surface area contributed by atoms with E-state index in [2.05, 4.69) is 75.0 Å². The molecule has 0 unspecified atom stereocenters. The second-order valence-corrected chi connectivity index (χ2v) is 9.54. The van der Waals surface area contributed by atoms with E-state index in [1.54, 1.807) is 0 Å². The van der Waals surface area contributed by atoms with E-state index in [1.165, 1.54) is 16.7 Å². The first-order valence-electron chi connectivity index (χ1n) is 9.58. The largest absolute Gasteiger partial charge is 0.297 e. The molecule has 1 aliphatic heterocycles. The average Bonchev–Trinajstić information content (AvgIpc) is 2.54. The first-order chi connectivity index (χ1) is 12.0. The number of hydrogen-bond donors (Lipinski definition) is 2. The molecule has 1 heterocycles. The Labute approximate surface area is 158 Å². The Kier molecular flexibility index (Phi) is 6.48. The quantitative estimate of drug-likeness (QED) is 0.492. The van der Waals surface area contributed by atoms with Gasteiger partial charge in [-0.25, -0.2) is 5.84 Å². The number of hydrogen-bond acceptors (Lipinski definition) is 4. The maximum Gasteiger partial charge on any atom is 0.248 e. The lowest BCUT2D eigenvalue weighted by molar-refractivity contribution is -0.122. The third-order valence-electron chi connectivity index (χ3n) is 5.12.